The molecule has 138 valence electrons. The zero-order valence-electron chi connectivity index (χ0n) is 15.2. The topological polar surface area (TPSA) is 26.3 Å². The number of carbonyl (C=O) groups excluding carboxylic acids is 1. The second kappa shape index (κ2) is 7.84. The summed E-state index contributed by atoms with van der Waals surface area (Å²) in [5, 5.41) is 0. The number of halogens is 2. The molecule has 0 unspecified atom stereocenters. The highest BCUT2D eigenvalue weighted by Gasteiger charge is 2.33. The molecule has 1 aromatic carbocycles. The van der Waals surface area contributed by atoms with Crippen molar-refractivity contribution in [2.45, 2.75) is 65.2 Å². The first kappa shape index (κ1) is 18.3. The van der Waals surface area contributed by atoms with Crippen LogP contribution in [0, 0.1) is 42.2 Å². The minimum absolute atomic E-state index is 0.192. The number of esters is 1. The van der Waals surface area contributed by atoms with Crippen LogP contribution in [-0.2, 0) is 4.79 Å². The molecule has 25 heavy (non-hydrogen) atoms. The lowest BCUT2D eigenvalue weighted by atomic mass is 9.69. The van der Waals surface area contributed by atoms with E-state index in [0.717, 1.165) is 37.5 Å². The molecule has 0 radical (unpaired) electrons. The number of hydrogen-bond acceptors (Lipinski definition) is 2. The van der Waals surface area contributed by atoms with E-state index in [1.165, 1.54) is 44.7 Å². The van der Waals surface area contributed by atoms with Crippen LogP contribution in [0.25, 0.3) is 0 Å². The Morgan fingerprint density at radius 3 is 2.08 bits per heavy atom. The molecule has 3 rings (SSSR count). The van der Waals surface area contributed by atoms with E-state index < -0.39 is 17.6 Å². The summed E-state index contributed by atoms with van der Waals surface area (Å²) < 4.78 is 32.6. The molecular formula is C21H28F2O2. The van der Waals surface area contributed by atoms with Crippen molar-refractivity contribution in [3.05, 3.63) is 29.3 Å². The van der Waals surface area contributed by atoms with Gasteiger partial charge in [-0.15, -0.1) is 0 Å². The summed E-state index contributed by atoms with van der Waals surface area (Å²) in [7, 11) is 0. The van der Waals surface area contributed by atoms with Gasteiger partial charge in [-0.3, -0.25) is 4.79 Å². The van der Waals surface area contributed by atoms with Crippen molar-refractivity contribution in [3.63, 3.8) is 0 Å². The molecular weight excluding hydrogens is 322 g/mol. The van der Waals surface area contributed by atoms with Gasteiger partial charge < -0.3 is 4.74 Å². The molecule has 0 bridgehead atoms. The molecule has 0 spiro atoms. The van der Waals surface area contributed by atoms with E-state index in [4.69, 9.17) is 4.74 Å². The van der Waals surface area contributed by atoms with E-state index in [0.29, 0.717) is 5.92 Å². The van der Waals surface area contributed by atoms with E-state index >= 15 is 0 Å². The number of ether oxygens (including phenoxy) is 1. The van der Waals surface area contributed by atoms with Crippen LogP contribution in [0.3, 0.4) is 0 Å². The Labute approximate surface area is 149 Å². The Kier molecular flexibility index (Phi) is 5.75. The maximum atomic E-state index is 13.9. The Hall–Kier alpha value is -1.45. The average Bonchev–Trinajstić information content (AvgIpc) is 2.63. The van der Waals surface area contributed by atoms with Gasteiger partial charge in [0.05, 0.1) is 5.92 Å². The molecule has 1 aromatic rings. The fourth-order valence-electron chi connectivity index (χ4n) is 4.48. The van der Waals surface area contributed by atoms with Crippen molar-refractivity contribution < 1.29 is 18.3 Å². The maximum Gasteiger partial charge on any atom is 0.314 e. The zero-order valence-corrected chi connectivity index (χ0v) is 15.2. The highest BCUT2D eigenvalue weighted by molar-refractivity contribution is 5.75. The van der Waals surface area contributed by atoms with E-state index in [1.54, 1.807) is 0 Å². The van der Waals surface area contributed by atoms with Gasteiger partial charge in [-0.25, -0.2) is 4.39 Å². The minimum Gasteiger partial charge on any atom is -0.423 e. The van der Waals surface area contributed by atoms with Gasteiger partial charge in [0.2, 0.25) is 5.82 Å². The van der Waals surface area contributed by atoms with E-state index in [2.05, 4.69) is 6.92 Å². The summed E-state index contributed by atoms with van der Waals surface area (Å²) >= 11 is 0. The normalized spacial score (nSPS) is 30.1. The molecule has 0 N–H and O–H groups in total. The first-order valence-corrected chi connectivity index (χ1v) is 9.62. The second-order valence-corrected chi connectivity index (χ2v) is 8.06. The van der Waals surface area contributed by atoms with E-state index in [9.17, 15) is 13.6 Å². The third-order valence-electron chi connectivity index (χ3n) is 6.28. The molecule has 2 aliphatic rings. The third-order valence-corrected chi connectivity index (χ3v) is 6.28. The predicted octanol–water partition coefficient (Wildman–Crippen LogP) is 5.81. The molecule has 2 nitrogen and oxygen atoms in total. The van der Waals surface area contributed by atoms with Crippen LogP contribution < -0.4 is 4.74 Å². The monoisotopic (exact) mass is 350 g/mol. The van der Waals surface area contributed by atoms with Gasteiger partial charge in [-0.2, -0.15) is 4.39 Å². The van der Waals surface area contributed by atoms with Gasteiger partial charge in [0.25, 0.3) is 0 Å². The Morgan fingerprint density at radius 1 is 0.920 bits per heavy atom. The van der Waals surface area contributed by atoms with Crippen molar-refractivity contribution in [1.29, 1.82) is 0 Å². The molecule has 2 fully saturated rings. The first-order chi connectivity index (χ1) is 12.0. The maximum absolute atomic E-state index is 13.9. The molecule has 0 amide bonds. The van der Waals surface area contributed by atoms with Gasteiger partial charge in [-0.05, 0) is 74.8 Å². The predicted molar refractivity (Wildman–Crippen MR) is 93.3 cm³/mol. The van der Waals surface area contributed by atoms with E-state index in [-0.39, 0.29) is 17.2 Å². The van der Waals surface area contributed by atoms with Gasteiger partial charge in [0.1, 0.15) is 0 Å². The molecule has 4 heteroatoms. The standard InChI is InChI=1S/C21H28F2O2/c1-13-3-6-15(7-4-13)16-8-10-17(11-9-16)21(24)25-18-12-5-14(2)19(22)20(18)23/h5,12-13,15-17H,3-4,6-11H2,1-2H3. The molecule has 0 heterocycles. The lowest BCUT2D eigenvalue weighted by Crippen LogP contribution is -2.30. The summed E-state index contributed by atoms with van der Waals surface area (Å²) in [6, 6.07) is 2.77. The first-order valence-electron chi connectivity index (χ1n) is 9.62. The van der Waals surface area contributed by atoms with Gasteiger partial charge in [-0.1, -0.05) is 25.8 Å². The van der Waals surface area contributed by atoms with Gasteiger partial charge in [0, 0.05) is 0 Å². The van der Waals surface area contributed by atoms with E-state index in [1.807, 2.05) is 0 Å². The fraction of sp³-hybridized carbons (Fsp3) is 0.667. The van der Waals surface area contributed by atoms with Crippen molar-refractivity contribution in [1.82, 2.24) is 0 Å². The zero-order chi connectivity index (χ0) is 18.0. The summed E-state index contributed by atoms with van der Waals surface area (Å²) in [4.78, 5) is 12.3. The number of carbonyl (C=O) groups is 1. The largest absolute Gasteiger partial charge is 0.423 e. The molecule has 0 aliphatic heterocycles. The van der Waals surface area contributed by atoms with Crippen molar-refractivity contribution >= 4 is 5.97 Å². The Morgan fingerprint density at radius 2 is 1.48 bits per heavy atom. The van der Waals surface area contributed by atoms with Crippen molar-refractivity contribution in [2.75, 3.05) is 0 Å². The molecule has 2 saturated carbocycles. The Bertz CT molecular complexity index is 613. The van der Waals surface area contributed by atoms with Gasteiger partial charge in [0.15, 0.2) is 11.6 Å². The minimum atomic E-state index is -1.07. The smallest absolute Gasteiger partial charge is 0.314 e. The van der Waals surface area contributed by atoms with Crippen molar-refractivity contribution in [3.8, 4) is 5.75 Å². The summed E-state index contributed by atoms with van der Waals surface area (Å²) in [6.07, 6.45) is 8.96. The van der Waals surface area contributed by atoms with Crippen LogP contribution in [0.4, 0.5) is 8.78 Å². The quantitative estimate of drug-likeness (QED) is 0.508. The van der Waals surface area contributed by atoms with Crippen molar-refractivity contribution in [2.24, 2.45) is 23.7 Å². The van der Waals surface area contributed by atoms with Gasteiger partial charge >= 0.3 is 5.97 Å². The number of benzene rings is 1. The Balaban J connectivity index is 1.53. The summed E-state index contributed by atoms with van der Waals surface area (Å²) in [5.74, 6) is -0.551. The van der Waals surface area contributed by atoms with Crippen LogP contribution in [0.15, 0.2) is 12.1 Å². The lowest BCUT2D eigenvalue weighted by molar-refractivity contribution is -0.140. The molecule has 0 atom stereocenters. The van der Waals surface area contributed by atoms with Crippen LogP contribution in [0.2, 0.25) is 0 Å². The highest BCUT2D eigenvalue weighted by Crippen LogP contribution is 2.41. The number of rotatable bonds is 3. The number of hydrogen-bond donors (Lipinski definition) is 0. The second-order valence-electron chi connectivity index (χ2n) is 8.06. The SMILES string of the molecule is Cc1ccc(OC(=O)C2CCC(C3CCC(C)CC3)CC2)c(F)c1F. The molecule has 0 saturated heterocycles. The van der Waals surface area contributed by atoms with Crippen LogP contribution in [0.1, 0.15) is 63.9 Å². The molecule has 2 aliphatic carbocycles. The number of aryl methyl sites for hydroxylation is 1. The van der Waals surface area contributed by atoms with Crippen LogP contribution in [-0.4, -0.2) is 5.97 Å². The molecule has 0 aromatic heterocycles. The summed E-state index contributed by atoms with van der Waals surface area (Å²) in [5.41, 5.74) is 0.208. The van der Waals surface area contributed by atoms with Crippen LogP contribution in [0.5, 0.6) is 5.75 Å². The summed E-state index contributed by atoms with van der Waals surface area (Å²) in [6.45, 7) is 3.81. The lowest BCUT2D eigenvalue weighted by Gasteiger charge is -2.36. The highest BCUT2D eigenvalue weighted by atomic mass is 19.2. The average molecular weight is 350 g/mol. The third kappa shape index (κ3) is 4.21. The fourth-order valence-corrected chi connectivity index (χ4v) is 4.48. The van der Waals surface area contributed by atoms with Crippen LogP contribution >= 0.6 is 0 Å².